The summed E-state index contributed by atoms with van der Waals surface area (Å²) in [7, 11) is 0. The average Bonchev–Trinajstić information content (AvgIpc) is 2.43. The van der Waals surface area contributed by atoms with Crippen LogP contribution in [-0.4, -0.2) is 10.9 Å². The topological polar surface area (TPSA) is 94.0 Å². The van der Waals surface area contributed by atoms with Gasteiger partial charge in [-0.05, 0) is 43.2 Å². The molecule has 5 nitrogen and oxygen atoms in total. The second kappa shape index (κ2) is 5.78. The summed E-state index contributed by atoms with van der Waals surface area (Å²) in [4.78, 5) is 15.2. The van der Waals surface area contributed by atoms with Gasteiger partial charge in [0, 0.05) is 0 Å². The van der Waals surface area contributed by atoms with E-state index < -0.39 is 5.91 Å². The lowest BCUT2D eigenvalue weighted by atomic mass is 10.1. The maximum Gasteiger partial charge on any atom is 0.267 e. The highest BCUT2D eigenvalue weighted by Gasteiger charge is 2.12. The van der Waals surface area contributed by atoms with Gasteiger partial charge in [-0.1, -0.05) is 12.1 Å². The van der Waals surface area contributed by atoms with E-state index >= 15 is 0 Å². The van der Waals surface area contributed by atoms with Crippen molar-refractivity contribution >= 4 is 17.4 Å². The molecule has 0 saturated carbocycles. The van der Waals surface area contributed by atoms with Crippen LogP contribution in [0.15, 0.2) is 30.3 Å². The first kappa shape index (κ1) is 14.8. The molecule has 0 fully saturated rings. The van der Waals surface area contributed by atoms with Crippen molar-refractivity contribution in [3.8, 4) is 0 Å². The van der Waals surface area contributed by atoms with Gasteiger partial charge in [-0.2, -0.15) is 0 Å². The molecule has 1 unspecified atom stereocenters. The largest absolute Gasteiger partial charge is 0.396 e. The molecule has 1 amide bonds. The molecule has 0 saturated heterocycles. The summed E-state index contributed by atoms with van der Waals surface area (Å²) in [5.74, 6) is -0.556. The molecule has 0 aliphatic heterocycles. The highest BCUT2D eigenvalue weighted by Crippen LogP contribution is 2.23. The molecule has 1 aromatic carbocycles. The van der Waals surface area contributed by atoms with Crippen LogP contribution < -0.4 is 16.8 Å². The zero-order valence-electron chi connectivity index (χ0n) is 11.9. The second-order valence-electron chi connectivity index (χ2n) is 4.87. The number of benzene rings is 1. The van der Waals surface area contributed by atoms with Gasteiger partial charge < -0.3 is 16.8 Å². The summed E-state index contributed by atoms with van der Waals surface area (Å²) in [5.41, 5.74) is 12.9. The van der Waals surface area contributed by atoms with Gasteiger partial charge in [-0.25, -0.2) is 9.37 Å². The molecule has 2 aromatic rings. The van der Waals surface area contributed by atoms with Gasteiger partial charge in [0.1, 0.15) is 11.5 Å². The Kier molecular flexibility index (Phi) is 4.07. The van der Waals surface area contributed by atoms with Gasteiger partial charge in [0.2, 0.25) is 0 Å². The highest BCUT2D eigenvalue weighted by molar-refractivity contribution is 5.91. The maximum atomic E-state index is 13.6. The number of carbonyl (C=O) groups excluding carboxylic acids is 1. The van der Waals surface area contributed by atoms with Gasteiger partial charge in [-0.15, -0.1) is 0 Å². The minimum atomic E-state index is -0.632. The number of anilines is 2. The number of rotatable bonds is 4. The Hall–Kier alpha value is -2.63. The van der Waals surface area contributed by atoms with E-state index in [0.717, 1.165) is 5.56 Å². The molecule has 2 rings (SSSR count). The first-order valence-electron chi connectivity index (χ1n) is 6.47. The molecule has 1 aromatic heterocycles. The first-order valence-corrected chi connectivity index (χ1v) is 6.47. The summed E-state index contributed by atoms with van der Waals surface area (Å²) in [6.45, 7) is 3.55. The molecule has 1 atom stereocenters. The van der Waals surface area contributed by atoms with E-state index in [0.29, 0.717) is 17.1 Å². The Balaban J connectivity index is 2.26. The number of nitrogens with one attached hydrogen (secondary N) is 1. The van der Waals surface area contributed by atoms with Crippen LogP contribution in [0.4, 0.5) is 15.9 Å². The minimum absolute atomic E-state index is 0.119. The van der Waals surface area contributed by atoms with Crippen LogP contribution in [0.2, 0.25) is 0 Å². The van der Waals surface area contributed by atoms with Crippen molar-refractivity contribution in [2.45, 2.75) is 19.9 Å². The number of aryl methyl sites for hydroxylation is 1. The van der Waals surface area contributed by atoms with E-state index in [1.165, 1.54) is 12.1 Å². The number of hydrogen-bond donors (Lipinski definition) is 3. The molecular weight excluding hydrogens is 271 g/mol. The normalized spacial score (nSPS) is 12.0. The third-order valence-electron chi connectivity index (χ3n) is 3.23. The van der Waals surface area contributed by atoms with Crippen LogP contribution >= 0.6 is 0 Å². The van der Waals surface area contributed by atoms with Gasteiger partial charge >= 0.3 is 0 Å². The number of aromatic nitrogens is 1. The monoisotopic (exact) mass is 288 g/mol. The SMILES string of the molecule is Cc1ccc(C(C)Nc2nc(C(N)=O)ccc2N)cc1F. The number of nitrogens with two attached hydrogens (primary N) is 2. The fourth-order valence-electron chi connectivity index (χ4n) is 1.89. The lowest BCUT2D eigenvalue weighted by Gasteiger charge is -2.17. The Morgan fingerprint density at radius 1 is 1.33 bits per heavy atom. The number of carbonyl (C=O) groups is 1. The van der Waals surface area contributed by atoms with Crippen molar-refractivity contribution in [3.05, 3.63) is 53.0 Å². The molecule has 0 aliphatic rings. The third kappa shape index (κ3) is 3.28. The Morgan fingerprint density at radius 3 is 2.67 bits per heavy atom. The average molecular weight is 288 g/mol. The molecule has 0 spiro atoms. The van der Waals surface area contributed by atoms with E-state index in [4.69, 9.17) is 11.5 Å². The van der Waals surface area contributed by atoms with Crippen molar-refractivity contribution in [2.75, 3.05) is 11.1 Å². The first-order chi connectivity index (χ1) is 9.88. The van der Waals surface area contributed by atoms with E-state index in [1.54, 1.807) is 19.1 Å². The van der Waals surface area contributed by atoms with Gasteiger partial charge in [0.15, 0.2) is 5.82 Å². The maximum absolute atomic E-state index is 13.6. The fraction of sp³-hybridized carbons (Fsp3) is 0.200. The van der Waals surface area contributed by atoms with Gasteiger partial charge in [0.25, 0.3) is 5.91 Å². The molecule has 5 N–H and O–H groups in total. The van der Waals surface area contributed by atoms with E-state index in [2.05, 4.69) is 10.3 Å². The van der Waals surface area contributed by atoms with Gasteiger partial charge in [-0.3, -0.25) is 4.79 Å². The summed E-state index contributed by atoms with van der Waals surface area (Å²) in [6, 6.07) is 7.78. The molecule has 6 heteroatoms. The number of amides is 1. The quantitative estimate of drug-likeness (QED) is 0.805. The third-order valence-corrected chi connectivity index (χ3v) is 3.23. The minimum Gasteiger partial charge on any atom is -0.396 e. The van der Waals surface area contributed by atoms with Crippen LogP contribution in [-0.2, 0) is 0 Å². The fourth-order valence-corrected chi connectivity index (χ4v) is 1.89. The molecule has 110 valence electrons. The molecule has 0 radical (unpaired) electrons. The number of nitrogens with zero attached hydrogens (tertiary/aromatic N) is 1. The number of pyridine rings is 1. The molecule has 0 bridgehead atoms. The lowest BCUT2D eigenvalue weighted by Crippen LogP contribution is -2.16. The number of hydrogen-bond acceptors (Lipinski definition) is 4. The Labute approximate surface area is 122 Å². The standard InChI is InChI=1S/C15H17FN4O/c1-8-3-4-10(7-11(8)16)9(2)19-15-12(17)5-6-13(20-15)14(18)21/h3-7,9H,17H2,1-2H3,(H2,18,21)(H,19,20). The number of primary amides is 1. The number of halogens is 1. The van der Waals surface area contributed by atoms with Crippen LogP contribution in [0, 0.1) is 12.7 Å². The van der Waals surface area contributed by atoms with E-state index in [1.807, 2.05) is 13.0 Å². The smallest absolute Gasteiger partial charge is 0.267 e. The molecule has 21 heavy (non-hydrogen) atoms. The van der Waals surface area contributed by atoms with Crippen molar-refractivity contribution in [3.63, 3.8) is 0 Å². The Bertz CT molecular complexity index is 687. The second-order valence-corrected chi connectivity index (χ2v) is 4.87. The van der Waals surface area contributed by atoms with Crippen LogP contribution in [0.3, 0.4) is 0 Å². The van der Waals surface area contributed by atoms with Crippen LogP contribution in [0.25, 0.3) is 0 Å². The summed E-state index contributed by atoms with van der Waals surface area (Å²) < 4.78 is 13.6. The predicted molar refractivity (Wildman–Crippen MR) is 80.3 cm³/mol. The van der Waals surface area contributed by atoms with Crippen LogP contribution in [0.5, 0.6) is 0 Å². The van der Waals surface area contributed by atoms with Crippen molar-refractivity contribution in [1.82, 2.24) is 4.98 Å². The zero-order chi connectivity index (χ0) is 15.6. The van der Waals surface area contributed by atoms with E-state index in [9.17, 15) is 9.18 Å². The Morgan fingerprint density at radius 2 is 2.05 bits per heavy atom. The molecule has 0 aliphatic carbocycles. The predicted octanol–water partition coefficient (Wildman–Crippen LogP) is 2.38. The summed E-state index contributed by atoms with van der Waals surface area (Å²) >= 11 is 0. The van der Waals surface area contributed by atoms with Gasteiger partial charge in [0.05, 0.1) is 11.7 Å². The molecular formula is C15H17FN4O. The lowest BCUT2D eigenvalue weighted by molar-refractivity contribution is 0.0995. The number of nitrogen functional groups attached to an aromatic ring is 1. The van der Waals surface area contributed by atoms with Crippen molar-refractivity contribution in [1.29, 1.82) is 0 Å². The summed E-state index contributed by atoms with van der Waals surface area (Å²) in [6.07, 6.45) is 0. The highest BCUT2D eigenvalue weighted by atomic mass is 19.1. The van der Waals surface area contributed by atoms with Crippen molar-refractivity contribution < 1.29 is 9.18 Å². The van der Waals surface area contributed by atoms with Crippen LogP contribution in [0.1, 0.15) is 34.6 Å². The van der Waals surface area contributed by atoms with E-state index in [-0.39, 0.29) is 17.6 Å². The summed E-state index contributed by atoms with van der Waals surface area (Å²) in [5, 5.41) is 3.06. The molecule has 1 heterocycles. The zero-order valence-corrected chi connectivity index (χ0v) is 11.9. The van der Waals surface area contributed by atoms with Crippen molar-refractivity contribution in [2.24, 2.45) is 5.73 Å².